The molecule has 29 heavy (non-hydrogen) atoms. The zero-order valence-corrected chi connectivity index (χ0v) is 16.5. The first-order chi connectivity index (χ1) is 14.1. The highest BCUT2D eigenvalue weighted by Gasteiger charge is 2.28. The number of benzene rings is 3. The Bertz CT molecular complexity index is 1100. The van der Waals surface area contributed by atoms with Crippen LogP contribution in [0.3, 0.4) is 0 Å². The molecule has 0 aromatic heterocycles. The number of hydrogen-bond acceptors (Lipinski definition) is 3. The molecule has 0 saturated carbocycles. The van der Waals surface area contributed by atoms with Crippen molar-refractivity contribution in [1.29, 1.82) is 0 Å². The van der Waals surface area contributed by atoms with E-state index in [9.17, 15) is 4.79 Å². The predicted octanol–water partition coefficient (Wildman–Crippen LogP) is 5.38. The first-order valence-corrected chi connectivity index (χ1v) is 9.56. The summed E-state index contributed by atoms with van der Waals surface area (Å²) in [5.74, 6) is 0.601. The SMILES string of the molecule is CC1=NN(c2ccccc2)C(=O)/C1=C/c1ccccc1OCc1ccccc1C. The van der Waals surface area contributed by atoms with Gasteiger partial charge in [0.25, 0.3) is 5.91 Å². The van der Waals surface area contributed by atoms with Gasteiger partial charge < -0.3 is 4.74 Å². The lowest BCUT2D eigenvalue weighted by atomic mass is 10.1. The molecule has 0 fully saturated rings. The van der Waals surface area contributed by atoms with Crippen molar-refractivity contribution in [2.75, 3.05) is 5.01 Å². The fourth-order valence-electron chi connectivity index (χ4n) is 3.24. The van der Waals surface area contributed by atoms with Gasteiger partial charge >= 0.3 is 0 Å². The van der Waals surface area contributed by atoms with Gasteiger partial charge in [0, 0.05) is 5.56 Å². The van der Waals surface area contributed by atoms with Crippen LogP contribution in [0.5, 0.6) is 5.75 Å². The summed E-state index contributed by atoms with van der Waals surface area (Å²) in [4.78, 5) is 13.0. The topological polar surface area (TPSA) is 41.9 Å². The maximum absolute atomic E-state index is 13.0. The molecule has 3 aromatic rings. The van der Waals surface area contributed by atoms with Gasteiger partial charge in [0.15, 0.2) is 0 Å². The van der Waals surface area contributed by atoms with E-state index in [1.165, 1.54) is 10.6 Å². The highest BCUT2D eigenvalue weighted by Crippen LogP contribution is 2.28. The van der Waals surface area contributed by atoms with Crippen LogP contribution < -0.4 is 9.75 Å². The predicted molar refractivity (Wildman–Crippen MR) is 117 cm³/mol. The number of nitrogens with zero attached hydrogens (tertiary/aromatic N) is 2. The number of rotatable bonds is 5. The first kappa shape index (κ1) is 18.7. The third kappa shape index (κ3) is 3.97. The summed E-state index contributed by atoms with van der Waals surface area (Å²) < 4.78 is 6.09. The minimum Gasteiger partial charge on any atom is -0.488 e. The summed E-state index contributed by atoms with van der Waals surface area (Å²) in [6.45, 7) is 4.40. The Morgan fingerprint density at radius 3 is 2.38 bits per heavy atom. The quantitative estimate of drug-likeness (QED) is 0.556. The number of carbonyl (C=O) groups is 1. The van der Waals surface area contributed by atoms with E-state index in [0.717, 1.165) is 22.6 Å². The zero-order valence-electron chi connectivity index (χ0n) is 16.5. The molecular weight excluding hydrogens is 360 g/mol. The molecule has 4 nitrogen and oxygen atoms in total. The van der Waals surface area contributed by atoms with E-state index in [4.69, 9.17) is 4.74 Å². The first-order valence-electron chi connectivity index (χ1n) is 9.56. The van der Waals surface area contributed by atoms with E-state index >= 15 is 0 Å². The second-order valence-electron chi connectivity index (χ2n) is 6.95. The van der Waals surface area contributed by atoms with Crippen LogP contribution in [0.25, 0.3) is 6.08 Å². The van der Waals surface area contributed by atoms with Crippen LogP contribution in [0.1, 0.15) is 23.6 Å². The molecule has 1 heterocycles. The lowest BCUT2D eigenvalue weighted by Gasteiger charge is -2.12. The van der Waals surface area contributed by atoms with Crippen molar-refractivity contribution in [2.45, 2.75) is 20.5 Å². The van der Waals surface area contributed by atoms with E-state index in [1.807, 2.05) is 79.7 Å². The number of carbonyl (C=O) groups excluding carboxylic acids is 1. The Labute approximate surface area is 170 Å². The van der Waals surface area contributed by atoms with Gasteiger partial charge in [0.2, 0.25) is 0 Å². The van der Waals surface area contributed by atoms with Gasteiger partial charge in [-0.25, -0.2) is 0 Å². The van der Waals surface area contributed by atoms with E-state index < -0.39 is 0 Å². The van der Waals surface area contributed by atoms with Gasteiger partial charge in [-0.05, 0) is 49.2 Å². The molecule has 0 radical (unpaired) electrons. The number of ether oxygens (including phenoxy) is 1. The molecule has 4 heteroatoms. The van der Waals surface area contributed by atoms with Gasteiger partial charge in [-0.2, -0.15) is 10.1 Å². The van der Waals surface area contributed by atoms with E-state index in [1.54, 1.807) is 0 Å². The minimum atomic E-state index is -0.137. The number of anilines is 1. The number of hydrogen-bond donors (Lipinski definition) is 0. The fraction of sp³-hybridized carbons (Fsp3) is 0.120. The van der Waals surface area contributed by atoms with Gasteiger partial charge in [0.05, 0.1) is 17.0 Å². The van der Waals surface area contributed by atoms with Crippen LogP contribution in [0.15, 0.2) is 89.5 Å². The van der Waals surface area contributed by atoms with Crippen LogP contribution in [-0.2, 0) is 11.4 Å². The van der Waals surface area contributed by atoms with Gasteiger partial charge in [0.1, 0.15) is 12.4 Å². The molecule has 0 unspecified atom stereocenters. The normalized spacial score (nSPS) is 15.0. The summed E-state index contributed by atoms with van der Waals surface area (Å²) in [5, 5.41) is 5.89. The number of aryl methyl sites for hydroxylation is 1. The van der Waals surface area contributed by atoms with Crippen LogP contribution in [0, 0.1) is 6.92 Å². The lowest BCUT2D eigenvalue weighted by Crippen LogP contribution is -2.21. The van der Waals surface area contributed by atoms with Crippen LogP contribution in [0.4, 0.5) is 5.69 Å². The maximum Gasteiger partial charge on any atom is 0.280 e. The smallest absolute Gasteiger partial charge is 0.280 e. The Kier molecular flexibility index (Phi) is 5.25. The van der Waals surface area contributed by atoms with E-state index in [0.29, 0.717) is 17.9 Å². The van der Waals surface area contributed by atoms with Crippen molar-refractivity contribution in [3.63, 3.8) is 0 Å². The molecule has 0 saturated heterocycles. The van der Waals surface area contributed by atoms with Crippen LogP contribution >= 0.6 is 0 Å². The Morgan fingerprint density at radius 2 is 1.59 bits per heavy atom. The molecule has 0 aliphatic carbocycles. The van der Waals surface area contributed by atoms with Crippen molar-refractivity contribution in [2.24, 2.45) is 5.10 Å². The Balaban J connectivity index is 1.60. The molecule has 3 aromatic carbocycles. The molecule has 4 rings (SSSR count). The second kappa shape index (κ2) is 8.15. The monoisotopic (exact) mass is 382 g/mol. The lowest BCUT2D eigenvalue weighted by molar-refractivity contribution is -0.114. The second-order valence-corrected chi connectivity index (χ2v) is 6.95. The summed E-state index contributed by atoms with van der Waals surface area (Å²) in [5.41, 5.74) is 5.20. The number of amides is 1. The molecule has 1 aliphatic rings. The Morgan fingerprint density at radius 1 is 0.897 bits per heavy atom. The minimum absolute atomic E-state index is 0.137. The van der Waals surface area contributed by atoms with E-state index in [2.05, 4.69) is 24.2 Å². The van der Waals surface area contributed by atoms with E-state index in [-0.39, 0.29) is 5.91 Å². The molecule has 0 atom stereocenters. The average Bonchev–Trinajstić information content (AvgIpc) is 3.03. The summed E-state index contributed by atoms with van der Waals surface area (Å²) in [6, 6.07) is 25.3. The Hall–Kier alpha value is -3.66. The van der Waals surface area contributed by atoms with Crippen molar-refractivity contribution in [3.05, 3.63) is 101 Å². The molecule has 1 amide bonds. The third-order valence-electron chi connectivity index (χ3n) is 4.93. The van der Waals surface area contributed by atoms with Crippen molar-refractivity contribution in [1.82, 2.24) is 0 Å². The standard InChI is InChI=1S/C25H22N2O2/c1-18-10-6-7-12-21(18)17-29-24-15-9-8-11-20(24)16-23-19(2)26-27(25(23)28)22-13-4-3-5-14-22/h3-16H,17H2,1-2H3/b23-16+. The largest absolute Gasteiger partial charge is 0.488 e. The number of para-hydroxylation sites is 2. The van der Waals surface area contributed by atoms with Crippen molar-refractivity contribution >= 4 is 23.4 Å². The van der Waals surface area contributed by atoms with Crippen LogP contribution in [0.2, 0.25) is 0 Å². The summed E-state index contributed by atoms with van der Waals surface area (Å²) in [6.07, 6.45) is 1.86. The molecule has 144 valence electrons. The molecule has 0 N–H and O–H groups in total. The average molecular weight is 382 g/mol. The molecule has 0 spiro atoms. The third-order valence-corrected chi connectivity index (χ3v) is 4.93. The van der Waals surface area contributed by atoms with Crippen molar-refractivity contribution in [3.8, 4) is 5.75 Å². The summed E-state index contributed by atoms with van der Waals surface area (Å²) in [7, 11) is 0. The highest BCUT2D eigenvalue weighted by molar-refractivity contribution is 6.32. The molecule has 0 bridgehead atoms. The zero-order chi connectivity index (χ0) is 20.2. The highest BCUT2D eigenvalue weighted by atomic mass is 16.5. The van der Waals surface area contributed by atoms with Gasteiger partial charge in [-0.15, -0.1) is 0 Å². The molecule has 1 aliphatic heterocycles. The van der Waals surface area contributed by atoms with Crippen LogP contribution in [-0.4, -0.2) is 11.6 Å². The fourth-order valence-corrected chi connectivity index (χ4v) is 3.24. The number of hydrazone groups is 1. The molecular formula is C25H22N2O2. The summed E-state index contributed by atoms with van der Waals surface area (Å²) >= 11 is 0. The van der Waals surface area contributed by atoms with Gasteiger partial charge in [-0.3, -0.25) is 4.79 Å². The van der Waals surface area contributed by atoms with Crippen molar-refractivity contribution < 1.29 is 9.53 Å². The van der Waals surface area contributed by atoms with Gasteiger partial charge in [-0.1, -0.05) is 60.7 Å². The maximum atomic E-state index is 13.0.